The van der Waals surface area contributed by atoms with Crippen LogP contribution in [0.5, 0.6) is 11.5 Å². The monoisotopic (exact) mass is 399 g/mol. The zero-order valence-electron chi connectivity index (χ0n) is 16.0. The van der Waals surface area contributed by atoms with Crippen molar-refractivity contribution in [3.8, 4) is 41.2 Å². The molecule has 0 fully saturated rings. The molecule has 1 aromatic heterocycles. The third-order valence-corrected chi connectivity index (χ3v) is 3.98. The molecule has 2 aromatic carbocycles. The van der Waals surface area contributed by atoms with E-state index in [1.807, 2.05) is 12.1 Å². The van der Waals surface area contributed by atoms with E-state index in [1.54, 1.807) is 42.5 Å². The number of rotatable bonds is 7. The number of nitrogens with zero attached hydrogens (tertiary/aromatic N) is 3. The van der Waals surface area contributed by atoms with Crippen LogP contribution in [0.1, 0.15) is 11.1 Å². The van der Waals surface area contributed by atoms with Gasteiger partial charge in [0.25, 0.3) is 5.56 Å². The molecular weight excluding hydrogens is 382 g/mol. The molecule has 0 aliphatic carbocycles. The van der Waals surface area contributed by atoms with E-state index in [4.69, 9.17) is 15.9 Å². The van der Waals surface area contributed by atoms with Crippen LogP contribution in [0.2, 0.25) is 0 Å². The Kier molecular flexibility index (Phi) is 6.44. The smallest absolute Gasteiger partial charge is 0.270 e. The van der Waals surface area contributed by atoms with Crippen LogP contribution in [-0.2, 0) is 0 Å². The molecule has 0 atom stereocenters. The number of methoxy groups -OCH3 is 1. The van der Waals surface area contributed by atoms with Gasteiger partial charge in [-0.05, 0) is 12.1 Å². The molecule has 0 amide bonds. The number of aromatic amines is 1. The number of para-hydroxylation sites is 1. The van der Waals surface area contributed by atoms with Gasteiger partial charge in [-0.1, -0.05) is 42.3 Å². The maximum Gasteiger partial charge on any atom is 0.270 e. The van der Waals surface area contributed by atoms with E-state index in [2.05, 4.69) is 26.4 Å². The lowest BCUT2D eigenvalue weighted by atomic mass is 10.1. The molecule has 30 heavy (non-hydrogen) atoms. The number of hydrazone groups is 1. The summed E-state index contributed by atoms with van der Waals surface area (Å²) in [6, 6.07) is 16.1. The second kappa shape index (κ2) is 9.58. The van der Waals surface area contributed by atoms with Crippen molar-refractivity contribution < 1.29 is 9.47 Å². The van der Waals surface area contributed by atoms with E-state index >= 15 is 0 Å². The fourth-order valence-electron chi connectivity index (χ4n) is 2.66. The lowest BCUT2D eigenvalue weighted by molar-refractivity contribution is 0.330. The van der Waals surface area contributed by atoms with Crippen LogP contribution in [0.15, 0.2) is 58.4 Å². The molecule has 0 saturated carbocycles. The number of nitriles is 1. The van der Waals surface area contributed by atoms with E-state index in [9.17, 15) is 10.1 Å². The highest BCUT2D eigenvalue weighted by atomic mass is 16.5. The number of terminal acetylenes is 1. The van der Waals surface area contributed by atoms with Gasteiger partial charge in [0.1, 0.15) is 18.2 Å². The molecule has 0 aliphatic rings. The molecule has 1 heterocycles. The van der Waals surface area contributed by atoms with Gasteiger partial charge in [-0.2, -0.15) is 10.4 Å². The predicted molar refractivity (Wildman–Crippen MR) is 114 cm³/mol. The molecule has 2 N–H and O–H groups in total. The van der Waals surface area contributed by atoms with Crippen molar-refractivity contribution in [1.82, 2.24) is 9.97 Å². The van der Waals surface area contributed by atoms with Gasteiger partial charge >= 0.3 is 0 Å². The topological polar surface area (TPSA) is 112 Å². The van der Waals surface area contributed by atoms with Gasteiger partial charge in [0.15, 0.2) is 11.5 Å². The zero-order chi connectivity index (χ0) is 21.3. The number of aromatic nitrogens is 2. The van der Waals surface area contributed by atoms with Crippen LogP contribution in [-0.4, -0.2) is 29.9 Å². The first-order chi connectivity index (χ1) is 14.7. The number of benzene rings is 2. The third-order valence-electron chi connectivity index (χ3n) is 3.98. The first kappa shape index (κ1) is 20.2. The Bertz CT molecular complexity index is 1200. The van der Waals surface area contributed by atoms with Gasteiger partial charge < -0.3 is 9.47 Å². The fraction of sp³-hybridized carbons (Fsp3) is 0.0909. The first-order valence-electron chi connectivity index (χ1n) is 8.80. The van der Waals surface area contributed by atoms with Crippen molar-refractivity contribution in [2.45, 2.75) is 0 Å². The number of nitrogens with one attached hydrogen (secondary N) is 2. The van der Waals surface area contributed by atoms with Crippen molar-refractivity contribution in [3.05, 3.63) is 70.0 Å². The predicted octanol–water partition coefficient (Wildman–Crippen LogP) is 2.78. The lowest BCUT2D eigenvalue weighted by Crippen LogP contribution is -2.16. The summed E-state index contributed by atoms with van der Waals surface area (Å²) in [6.07, 6.45) is 6.75. The van der Waals surface area contributed by atoms with Crippen molar-refractivity contribution in [1.29, 1.82) is 5.26 Å². The second-order valence-corrected chi connectivity index (χ2v) is 5.86. The van der Waals surface area contributed by atoms with E-state index in [1.165, 1.54) is 13.3 Å². The Morgan fingerprint density at radius 1 is 1.27 bits per heavy atom. The van der Waals surface area contributed by atoms with Gasteiger partial charge in [-0.15, -0.1) is 6.42 Å². The maximum absolute atomic E-state index is 12.3. The highest BCUT2D eigenvalue weighted by molar-refractivity contribution is 5.85. The summed E-state index contributed by atoms with van der Waals surface area (Å²) < 4.78 is 10.8. The maximum atomic E-state index is 12.3. The number of anilines is 1. The Morgan fingerprint density at radius 3 is 2.77 bits per heavy atom. The molecule has 148 valence electrons. The van der Waals surface area contributed by atoms with Crippen LogP contribution in [0.3, 0.4) is 0 Å². The summed E-state index contributed by atoms with van der Waals surface area (Å²) in [5.41, 5.74) is 3.55. The first-order valence-corrected chi connectivity index (χ1v) is 8.80. The van der Waals surface area contributed by atoms with Gasteiger partial charge in [0.05, 0.1) is 19.0 Å². The molecule has 3 rings (SSSR count). The Labute approximate surface area is 172 Å². The van der Waals surface area contributed by atoms with Gasteiger partial charge in [0.2, 0.25) is 5.95 Å². The van der Waals surface area contributed by atoms with E-state index in [0.717, 1.165) is 0 Å². The molecule has 8 nitrogen and oxygen atoms in total. The van der Waals surface area contributed by atoms with Crippen molar-refractivity contribution in [3.63, 3.8) is 0 Å². The quantitative estimate of drug-likeness (QED) is 0.359. The summed E-state index contributed by atoms with van der Waals surface area (Å²) in [7, 11) is 1.52. The SMILES string of the molecule is C#CCOc1c(C=NNc2nc(-c3ccccc3)c(C#N)c(=O)[nH]2)cccc1OC. The number of ether oxygens (including phenoxy) is 2. The summed E-state index contributed by atoms with van der Waals surface area (Å²) in [5, 5.41) is 13.4. The molecule has 0 bridgehead atoms. The van der Waals surface area contributed by atoms with Crippen LogP contribution in [0, 0.1) is 23.7 Å². The fourth-order valence-corrected chi connectivity index (χ4v) is 2.66. The van der Waals surface area contributed by atoms with Crippen molar-refractivity contribution in [2.75, 3.05) is 19.1 Å². The van der Waals surface area contributed by atoms with Crippen LogP contribution >= 0.6 is 0 Å². The minimum atomic E-state index is -0.566. The highest BCUT2D eigenvalue weighted by Gasteiger charge is 2.13. The molecule has 0 radical (unpaired) electrons. The van der Waals surface area contributed by atoms with Crippen LogP contribution < -0.4 is 20.5 Å². The average molecular weight is 399 g/mol. The molecule has 8 heteroatoms. The van der Waals surface area contributed by atoms with Crippen LogP contribution in [0.25, 0.3) is 11.3 Å². The molecular formula is C22H17N5O3. The molecule has 3 aromatic rings. The number of H-pyrrole nitrogens is 1. The molecule has 0 spiro atoms. The normalized spacial score (nSPS) is 10.2. The largest absolute Gasteiger partial charge is 0.493 e. The van der Waals surface area contributed by atoms with E-state index < -0.39 is 5.56 Å². The average Bonchev–Trinajstić information content (AvgIpc) is 2.78. The van der Waals surface area contributed by atoms with Crippen molar-refractivity contribution in [2.24, 2.45) is 5.10 Å². The molecule has 0 saturated heterocycles. The summed E-state index contributed by atoms with van der Waals surface area (Å²) in [4.78, 5) is 19.1. The Hall–Kier alpha value is -4.56. The second-order valence-electron chi connectivity index (χ2n) is 5.86. The molecule has 0 unspecified atom stereocenters. The summed E-state index contributed by atoms with van der Waals surface area (Å²) in [6.45, 7) is 0.0690. The van der Waals surface area contributed by atoms with Crippen LogP contribution in [0.4, 0.5) is 5.95 Å². The summed E-state index contributed by atoms with van der Waals surface area (Å²) >= 11 is 0. The van der Waals surface area contributed by atoms with Gasteiger partial charge in [-0.3, -0.25) is 9.78 Å². The number of hydrogen-bond acceptors (Lipinski definition) is 7. The van der Waals surface area contributed by atoms with E-state index in [-0.39, 0.29) is 23.8 Å². The van der Waals surface area contributed by atoms with E-state index in [0.29, 0.717) is 22.6 Å². The van der Waals surface area contributed by atoms with Gasteiger partial charge in [-0.25, -0.2) is 10.4 Å². The van der Waals surface area contributed by atoms with Crippen molar-refractivity contribution >= 4 is 12.2 Å². The zero-order valence-corrected chi connectivity index (χ0v) is 16.0. The third kappa shape index (κ3) is 4.46. The number of hydrogen-bond donors (Lipinski definition) is 2. The standard InChI is InChI=1S/C22H17N5O3/c1-3-12-30-20-16(10-7-11-18(20)29-2)14-24-27-22-25-19(15-8-5-4-6-9-15)17(13-23)21(28)26-22/h1,4-11,14H,12H2,2H3,(H2,25,26,27,28). The molecule has 0 aliphatic heterocycles. The lowest BCUT2D eigenvalue weighted by Gasteiger charge is -2.11. The van der Waals surface area contributed by atoms with Gasteiger partial charge in [0, 0.05) is 11.1 Å². The Balaban J connectivity index is 1.91. The Morgan fingerprint density at radius 2 is 2.07 bits per heavy atom. The minimum absolute atomic E-state index is 0.0690. The minimum Gasteiger partial charge on any atom is -0.493 e. The summed E-state index contributed by atoms with van der Waals surface area (Å²) in [5.74, 6) is 3.43. The highest BCUT2D eigenvalue weighted by Crippen LogP contribution is 2.30.